The second kappa shape index (κ2) is 6.28. The molecule has 0 saturated heterocycles. The highest BCUT2D eigenvalue weighted by Crippen LogP contribution is 2.22. The number of carboxylic acid groups (broad SMARTS) is 1. The zero-order valence-electron chi connectivity index (χ0n) is 10.3. The van der Waals surface area contributed by atoms with Gasteiger partial charge in [0.05, 0.1) is 11.5 Å². The first-order valence-corrected chi connectivity index (χ1v) is 6.79. The molecule has 0 saturated carbocycles. The number of aromatic carboxylic acids is 1. The van der Waals surface area contributed by atoms with Crippen molar-refractivity contribution in [1.82, 2.24) is 0 Å². The summed E-state index contributed by atoms with van der Waals surface area (Å²) in [6.07, 6.45) is -4.82. The van der Waals surface area contributed by atoms with Gasteiger partial charge in [-0.3, -0.25) is 4.74 Å². The Bertz CT molecular complexity index is 628. The lowest BCUT2D eigenvalue weighted by Crippen LogP contribution is -2.19. The van der Waals surface area contributed by atoms with E-state index >= 15 is 0 Å². The standard InChI is InChI=1S/C10H10F3NO6S/c11-10(12,13)20-4-3-19-8-2-1-6(21(14,17)18)5-7(8)9(15)16/h1-2,5H,3-4H2,(H,15,16)(H2,14,17,18). The molecule has 3 N–H and O–H groups in total. The van der Waals surface area contributed by atoms with Gasteiger partial charge in [-0.15, -0.1) is 13.2 Å². The first kappa shape index (κ1) is 17.2. The highest BCUT2D eigenvalue weighted by Gasteiger charge is 2.28. The van der Waals surface area contributed by atoms with Crippen LogP contribution in [0.5, 0.6) is 5.75 Å². The second-order valence-electron chi connectivity index (χ2n) is 3.65. The molecule has 0 aliphatic carbocycles. The number of hydrogen-bond acceptors (Lipinski definition) is 5. The van der Waals surface area contributed by atoms with E-state index < -0.39 is 46.0 Å². The minimum absolute atomic E-state index is 0.305. The van der Waals surface area contributed by atoms with Gasteiger partial charge in [0, 0.05) is 0 Å². The van der Waals surface area contributed by atoms with Crippen LogP contribution < -0.4 is 9.88 Å². The van der Waals surface area contributed by atoms with Crippen molar-refractivity contribution in [1.29, 1.82) is 0 Å². The van der Waals surface area contributed by atoms with Gasteiger partial charge in [-0.25, -0.2) is 18.4 Å². The number of ether oxygens (including phenoxy) is 2. The van der Waals surface area contributed by atoms with E-state index in [1.165, 1.54) is 0 Å². The van der Waals surface area contributed by atoms with E-state index in [1.807, 2.05) is 0 Å². The molecule has 0 aliphatic heterocycles. The summed E-state index contributed by atoms with van der Waals surface area (Å²) in [5.41, 5.74) is -0.548. The lowest BCUT2D eigenvalue weighted by Gasteiger charge is -2.11. The van der Waals surface area contributed by atoms with Gasteiger partial charge < -0.3 is 9.84 Å². The maximum atomic E-state index is 11.7. The fourth-order valence-corrected chi connectivity index (χ4v) is 1.83. The van der Waals surface area contributed by atoms with Gasteiger partial charge in [0.15, 0.2) is 0 Å². The average Bonchev–Trinajstić information content (AvgIpc) is 2.32. The summed E-state index contributed by atoms with van der Waals surface area (Å²) in [5.74, 6) is -1.83. The lowest BCUT2D eigenvalue weighted by molar-refractivity contribution is -0.325. The van der Waals surface area contributed by atoms with Gasteiger partial charge in [0.2, 0.25) is 10.0 Å². The van der Waals surface area contributed by atoms with Crippen molar-refractivity contribution in [2.45, 2.75) is 11.3 Å². The maximum Gasteiger partial charge on any atom is 0.522 e. The molecule has 0 fully saturated rings. The molecule has 21 heavy (non-hydrogen) atoms. The van der Waals surface area contributed by atoms with Crippen LogP contribution in [0.4, 0.5) is 13.2 Å². The van der Waals surface area contributed by atoms with Crippen LogP contribution in [-0.2, 0) is 14.8 Å². The van der Waals surface area contributed by atoms with Crippen molar-refractivity contribution in [3.05, 3.63) is 23.8 Å². The smallest absolute Gasteiger partial charge is 0.490 e. The quantitative estimate of drug-likeness (QED) is 0.751. The van der Waals surface area contributed by atoms with Gasteiger partial charge in [0.1, 0.15) is 17.9 Å². The second-order valence-corrected chi connectivity index (χ2v) is 5.21. The van der Waals surface area contributed by atoms with Crippen molar-refractivity contribution in [3.63, 3.8) is 0 Å². The molecule has 7 nitrogen and oxygen atoms in total. The van der Waals surface area contributed by atoms with Crippen LogP contribution in [0.3, 0.4) is 0 Å². The van der Waals surface area contributed by atoms with Crippen LogP contribution in [0.2, 0.25) is 0 Å². The molecule has 0 bridgehead atoms. The van der Waals surface area contributed by atoms with Gasteiger partial charge in [-0.05, 0) is 18.2 Å². The van der Waals surface area contributed by atoms with Crippen molar-refractivity contribution in [2.75, 3.05) is 13.2 Å². The topological polar surface area (TPSA) is 116 Å². The highest BCUT2D eigenvalue weighted by atomic mass is 32.2. The Hall–Kier alpha value is -1.85. The molecular formula is C10H10F3NO6S. The van der Waals surface area contributed by atoms with Crippen LogP contribution in [0.1, 0.15) is 10.4 Å². The minimum atomic E-state index is -4.82. The monoisotopic (exact) mass is 329 g/mol. The number of nitrogens with two attached hydrogens (primary N) is 1. The summed E-state index contributed by atoms with van der Waals surface area (Å²) in [5, 5.41) is 13.8. The van der Waals surface area contributed by atoms with Gasteiger partial charge >= 0.3 is 12.3 Å². The number of hydrogen-bond donors (Lipinski definition) is 2. The maximum absolute atomic E-state index is 11.7. The van der Waals surface area contributed by atoms with Crippen LogP contribution >= 0.6 is 0 Å². The molecule has 0 radical (unpaired) electrons. The molecule has 11 heteroatoms. The summed E-state index contributed by atoms with van der Waals surface area (Å²) in [7, 11) is -4.11. The summed E-state index contributed by atoms with van der Waals surface area (Å²) in [4.78, 5) is 10.5. The zero-order valence-corrected chi connectivity index (χ0v) is 11.1. The van der Waals surface area contributed by atoms with E-state index in [9.17, 15) is 26.4 Å². The van der Waals surface area contributed by atoms with E-state index in [-0.39, 0.29) is 5.75 Å². The number of benzene rings is 1. The van der Waals surface area contributed by atoms with Gasteiger partial charge in [-0.2, -0.15) is 0 Å². The molecule has 0 aromatic heterocycles. The van der Waals surface area contributed by atoms with Gasteiger partial charge in [0.25, 0.3) is 0 Å². The van der Waals surface area contributed by atoms with Gasteiger partial charge in [-0.1, -0.05) is 0 Å². The van der Waals surface area contributed by atoms with E-state index in [4.69, 9.17) is 15.0 Å². The highest BCUT2D eigenvalue weighted by molar-refractivity contribution is 7.89. The average molecular weight is 329 g/mol. The SMILES string of the molecule is NS(=O)(=O)c1ccc(OCCOC(F)(F)F)c(C(=O)O)c1. The number of rotatable bonds is 6. The summed E-state index contributed by atoms with van der Waals surface area (Å²) in [6, 6.07) is 2.70. The fourth-order valence-electron chi connectivity index (χ4n) is 1.29. The molecule has 118 valence electrons. The Labute approximate surface area is 117 Å². The number of primary sulfonamides is 1. The van der Waals surface area contributed by atoms with Crippen LogP contribution in [0.25, 0.3) is 0 Å². The third kappa shape index (κ3) is 5.57. The summed E-state index contributed by atoms with van der Waals surface area (Å²) < 4.78 is 65.6. The largest absolute Gasteiger partial charge is 0.522 e. The Morgan fingerprint density at radius 1 is 1.29 bits per heavy atom. The Morgan fingerprint density at radius 3 is 2.38 bits per heavy atom. The normalized spacial score (nSPS) is 12.2. The molecule has 0 amide bonds. The van der Waals surface area contributed by atoms with Crippen molar-refractivity contribution < 1.29 is 41.0 Å². The summed E-state index contributed by atoms with van der Waals surface area (Å²) >= 11 is 0. The van der Waals surface area contributed by atoms with E-state index in [0.29, 0.717) is 0 Å². The van der Waals surface area contributed by atoms with E-state index in [0.717, 1.165) is 18.2 Å². The minimum Gasteiger partial charge on any atom is -0.490 e. The molecule has 0 spiro atoms. The third-order valence-electron chi connectivity index (χ3n) is 2.12. The number of halogens is 3. The number of sulfonamides is 1. The van der Waals surface area contributed by atoms with E-state index in [1.54, 1.807) is 0 Å². The van der Waals surface area contributed by atoms with Crippen molar-refractivity contribution in [3.8, 4) is 5.75 Å². The molecule has 1 aromatic rings. The lowest BCUT2D eigenvalue weighted by atomic mass is 10.2. The molecule has 1 aromatic carbocycles. The van der Waals surface area contributed by atoms with Crippen molar-refractivity contribution >= 4 is 16.0 Å². The Balaban J connectivity index is 2.86. The van der Waals surface area contributed by atoms with E-state index in [2.05, 4.69) is 4.74 Å². The molecule has 0 heterocycles. The molecule has 0 aliphatic rings. The third-order valence-corrected chi connectivity index (χ3v) is 3.03. The molecule has 1 rings (SSSR count). The molecular weight excluding hydrogens is 319 g/mol. The number of carbonyl (C=O) groups is 1. The molecule has 0 unspecified atom stereocenters. The number of alkyl halides is 3. The van der Waals surface area contributed by atoms with Crippen LogP contribution in [-0.4, -0.2) is 39.1 Å². The van der Waals surface area contributed by atoms with Crippen LogP contribution in [0.15, 0.2) is 23.1 Å². The summed E-state index contributed by atoms with van der Waals surface area (Å²) in [6.45, 7) is -1.42. The molecule has 0 atom stereocenters. The predicted molar refractivity (Wildman–Crippen MR) is 62.3 cm³/mol. The fraction of sp³-hybridized carbons (Fsp3) is 0.300. The predicted octanol–water partition coefficient (Wildman–Crippen LogP) is 0.947. The number of carboxylic acids is 1. The Kier molecular flexibility index (Phi) is 5.15. The zero-order chi connectivity index (χ0) is 16.3. The van der Waals surface area contributed by atoms with Crippen LogP contribution in [0, 0.1) is 0 Å². The first-order chi connectivity index (χ1) is 9.50. The Morgan fingerprint density at radius 2 is 1.90 bits per heavy atom. The van der Waals surface area contributed by atoms with Crippen molar-refractivity contribution in [2.24, 2.45) is 5.14 Å². The first-order valence-electron chi connectivity index (χ1n) is 5.24.